The monoisotopic (exact) mass is 157 g/mol. The van der Waals surface area contributed by atoms with E-state index in [2.05, 4.69) is 15.7 Å². The Morgan fingerprint density at radius 2 is 2.30 bits per heavy atom. The molecule has 0 aliphatic heterocycles. The lowest BCUT2D eigenvalue weighted by Gasteiger charge is -1.92. The van der Waals surface area contributed by atoms with Crippen LogP contribution in [0.25, 0.3) is 0 Å². The molecule has 0 aromatic carbocycles. The Labute approximate surface area is 64.6 Å². The Bertz CT molecular complexity index is 197. The molecule has 0 aliphatic rings. The van der Waals surface area contributed by atoms with E-state index in [0.29, 0.717) is 5.82 Å². The van der Waals surface area contributed by atoms with Crippen molar-refractivity contribution in [3.63, 3.8) is 0 Å². The molecule has 0 aliphatic carbocycles. The summed E-state index contributed by atoms with van der Waals surface area (Å²) in [6.45, 7) is 2.15. The lowest BCUT2D eigenvalue weighted by atomic mass is 10.2. The van der Waals surface area contributed by atoms with Crippen LogP contribution >= 0.6 is 11.7 Å². The number of anilines is 1. The molecular formula is C6H11N3S. The summed E-state index contributed by atoms with van der Waals surface area (Å²) < 4.78 is 7.94. The standard InChI is InChI=1S/C6H11N3S/c1-2-3-4-5-6(7)9-10-8-5/h2-4H2,1H3,(H2,7,9). The molecule has 10 heavy (non-hydrogen) atoms. The Morgan fingerprint density at radius 3 is 2.80 bits per heavy atom. The summed E-state index contributed by atoms with van der Waals surface area (Å²) in [5.74, 6) is 0.610. The van der Waals surface area contributed by atoms with E-state index in [1.807, 2.05) is 0 Å². The molecule has 1 aromatic heterocycles. The van der Waals surface area contributed by atoms with Crippen LogP contribution in [0, 0.1) is 0 Å². The van der Waals surface area contributed by atoms with Crippen molar-refractivity contribution in [2.75, 3.05) is 5.73 Å². The number of aromatic nitrogens is 2. The fourth-order valence-electron chi connectivity index (χ4n) is 0.731. The molecule has 0 saturated heterocycles. The number of nitrogens with two attached hydrogens (primary N) is 1. The van der Waals surface area contributed by atoms with Gasteiger partial charge in [0.15, 0.2) is 5.82 Å². The highest BCUT2D eigenvalue weighted by molar-refractivity contribution is 6.99. The second-order valence-electron chi connectivity index (χ2n) is 2.20. The third-order valence-corrected chi connectivity index (χ3v) is 1.93. The number of rotatable bonds is 3. The first kappa shape index (κ1) is 7.47. The SMILES string of the molecule is CCCCc1nsnc1N. The fraction of sp³-hybridized carbons (Fsp3) is 0.667. The van der Waals surface area contributed by atoms with Gasteiger partial charge in [-0.1, -0.05) is 13.3 Å². The molecule has 0 atom stereocenters. The van der Waals surface area contributed by atoms with E-state index in [9.17, 15) is 0 Å². The minimum Gasteiger partial charge on any atom is -0.381 e. The quantitative estimate of drug-likeness (QED) is 0.722. The zero-order valence-electron chi connectivity index (χ0n) is 6.00. The van der Waals surface area contributed by atoms with Crippen molar-refractivity contribution in [2.45, 2.75) is 26.2 Å². The summed E-state index contributed by atoms with van der Waals surface area (Å²) in [6.07, 6.45) is 3.30. The van der Waals surface area contributed by atoms with E-state index in [1.54, 1.807) is 0 Å². The number of unbranched alkanes of at least 4 members (excludes halogenated alkanes) is 1. The largest absolute Gasteiger partial charge is 0.381 e. The molecular weight excluding hydrogens is 146 g/mol. The van der Waals surface area contributed by atoms with Gasteiger partial charge in [-0.05, 0) is 12.8 Å². The first-order valence-electron chi connectivity index (χ1n) is 3.41. The van der Waals surface area contributed by atoms with E-state index in [4.69, 9.17) is 5.73 Å². The van der Waals surface area contributed by atoms with Crippen LogP contribution in [0.5, 0.6) is 0 Å². The minimum atomic E-state index is 0.610. The summed E-state index contributed by atoms with van der Waals surface area (Å²) >= 11 is 1.19. The fourth-order valence-corrected chi connectivity index (χ4v) is 1.25. The van der Waals surface area contributed by atoms with Crippen LogP contribution in [0.4, 0.5) is 5.82 Å². The smallest absolute Gasteiger partial charge is 0.160 e. The second-order valence-corrected chi connectivity index (χ2v) is 2.73. The van der Waals surface area contributed by atoms with Crippen LogP contribution in [0.15, 0.2) is 0 Å². The van der Waals surface area contributed by atoms with Gasteiger partial charge in [0.2, 0.25) is 0 Å². The van der Waals surface area contributed by atoms with Crippen LogP contribution in [-0.2, 0) is 6.42 Å². The van der Waals surface area contributed by atoms with Crippen molar-refractivity contribution < 1.29 is 0 Å². The maximum atomic E-state index is 5.52. The minimum absolute atomic E-state index is 0.610. The normalized spacial score (nSPS) is 10.1. The van der Waals surface area contributed by atoms with Crippen LogP contribution in [0.2, 0.25) is 0 Å². The molecule has 0 bridgehead atoms. The van der Waals surface area contributed by atoms with Gasteiger partial charge in [-0.3, -0.25) is 0 Å². The highest BCUT2D eigenvalue weighted by Gasteiger charge is 2.01. The topological polar surface area (TPSA) is 51.8 Å². The number of hydrogen-bond donors (Lipinski definition) is 1. The van der Waals surface area contributed by atoms with Gasteiger partial charge in [0.25, 0.3) is 0 Å². The molecule has 56 valence electrons. The Kier molecular flexibility index (Phi) is 2.62. The van der Waals surface area contributed by atoms with Gasteiger partial charge in [-0.15, -0.1) is 0 Å². The highest BCUT2D eigenvalue weighted by atomic mass is 32.1. The molecule has 0 fully saturated rings. The molecule has 0 amide bonds. The first-order valence-corrected chi connectivity index (χ1v) is 4.14. The number of aryl methyl sites for hydroxylation is 1. The molecule has 4 heteroatoms. The zero-order chi connectivity index (χ0) is 7.40. The van der Waals surface area contributed by atoms with Crippen molar-refractivity contribution in [1.29, 1.82) is 0 Å². The molecule has 1 rings (SSSR count). The third-order valence-electron chi connectivity index (χ3n) is 1.35. The molecule has 2 N–H and O–H groups in total. The van der Waals surface area contributed by atoms with Crippen molar-refractivity contribution in [2.24, 2.45) is 0 Å². The molecule has 0 spiro atoms. The summed E-state index contributed by atoms with van der Waals surface area (Å²) in [5.41, 5.74) is 6.48. The average Bonchev–Trinajstić information content (AvgIpc) is 2.31. The van der Waals surface area contributed by atoms with E-state index < -0.39 is 0 Å². The molecule has 0 radical (unpaired) electrons. The zero-order valence-corrected chi connectivity index (χ0v) is 6.82. The molecule has 0 unspecified atom stereocenters. The maximum Gasteiger partial charge on any atom is 0.160 e. The van der Waals surface area contributed by atoms with E-state index >= 15 is 0 Å². The van der Waals surface area contributed by atoms with Crippen molar-refractivity contribution in [3.8, 4) is 0 Å². The number of hydrogen-bond acceptors (Lipinski definition) is 4. The van der Waals surface area contributed by atoms with Gasteiger partial charge in [-0.25, -0.2) is 0 Å². The van der Waals surface area contributed by atoms with Crippen molar-refractivity contribution in [3.05, 3.63) is 5.69 Å². The highest BCUT2D eigenvalue weighted by Crippen LogP contribution is 2.10. The van der Waals surface area contributed by atoms with E-state index in [0.717, 1.165) is 18.5 Å². The summed E-state index contributed by atoms with van der Waals surface area (Å²) in [6, 6.07) is 0. The lowest BCUT2D eigenvalue weighted by Crippen LogP contribution is -1.92. The summed E-state index contributed by atoms with van der Waals surface area (Å²) in [7, 11) is 0. The van der Waals surface area contributed by atoms with Crippen LogP contribution in [0.1, 0.15) is 25.5 Å². The van der Waals surface area contributed by atoms with Crippen LogP contribution in [0.3, 0.4) is 0 Å². The van der Waals surface area contributed by atoms with Crippen molar-refractivity contribution >= 4 is 17.5 Å². The second kappa shape index (κ2) is 3.51. The molecule has 1 heterocycles. The Balaban J connectivity index is 2.49. The van der Waals surface area contributed by atoms with Gasteiger partial charge >= 0.3 is 0 Å². The Morgan fingerprint density at radius 1 is 1.50 bits per heavy atom. The maximum absolute atomic E-state index is 5.52. The van der Waals surface area contributed by atoms with E-state index in [-0.39, 0.29) is 0 Å². The lowest BCUT2D eigenvalue weighted by molar-refractivity contribution is 0.785. The summed E-state index contributed by atoms with van der Waals surface area (Å²) in [4.78, 5) is 0. The third kappa shape index (κ3) is 1.67. The Hall–Kier alpha value is -0.640. The number of nitrogen functional groups attached to an aromatic ring is 1. The van der Waals surface area contributed by atoms with Crippen LogP contribution in [-0.4, -0.2) is 8.75 Å². The summed E-state index contributed by atoms with van der Waals surface area (Å²) in [5, 5.41) is 0. The van der Waals surface area contributed by atoms with Gasteiger partial charge in [0.05, 0.1) is 17.4 Å². The van der Waals surface area contributed by atoms with Gasteiger partial charge in [0.1, 0.15) is 0 Å². The molecule has 0 saturated carbocycles. The predicted octanol–water partition coefficient (Wildman–Crippen LogP) is 1.46. The predicted molar refractivity (Wildman–Crippen MR) is 42.9 cm³/mol. The number of nitrogens with zero attached hydrogens (tertiary/aromatic N) is 2. The first-order chi connectivity index (χ1) is 4.84. The van der Waals surface area contributed by atoms with Crippen molar-refractivity contribution in [1.82, 2.24) is 8.75 Å². The van der Waals surface area contributed by atoms with E-state index in [1.165, 1.54) is 18.1 Å². The van der Waals surface area contributed by atoms with Gasteiger partial charge in [-0.2, -0.15) is 8.75 Å². The van der Waals surface area contributed by atoms with Crippen LogP contribution < -0.4 is 5.73 Å². The average molecular weight is 157 g/mol. The van der Waals surface area contributed by atoms with Gasteiger partial charge in [0, 0.05) is 0 Å². The molecule has 1 aromatic rings. The van der Waals surface area contributed by atoms with Gasteiger partial charge < -0.3 is 5.73 Å². The molecule has 3 nitrogen and oxygen atoms in total.